The molecule has 1 aromatic heterocycles. The van der Waals surface area contributed by atoms with Crippen LogP contribution < -0.4 is 5.32 Å². The molecule has 0 radical (unpaired) electrons. The molecule has 0 saturated heterocycles. The number of sulfone groups is 1. The molecule has 0 bridgehead atoms. The molecule has 122 valence electrons. The van der Waals surface area contributed by atoms with Gasteiger partial charge < -0.3 is 10.1 Å². The van der Waals surface area contributed by atoms with Crippen molar-refractivity contribution in [1.29, 1.82) is 0 Å². The Morgan fingerprint density at radius 1 is 1.17 bits per heavy atom. The number of amides is 1. The van der Waals surface area contributed by atoms with Gasteiger partial charge in [0.1, 0.15) is 6.61 Å². The van der Waals surface area contributed by atoms with Gasteiger partial charge in [-0.25, -0.2) is 13.4 Å². The summed E-state index contributed by atoms with van der Waals surface area (Å²) >= 11 is 0. The Bertz CT molecular complexity index is 743. The van der Waals surface area contributed by atoms with Crippen LogP contribution in [0.3, 0.4) is 0 Å². The molecule has 0 fully saturated rings. The number of nitrogens with one attached hydrogen (secondary N) is 1. The van der Waals surface area contributed by atoms with E-state index < -0.39 is 9.84 Å². The van der Waals surface area contributed by atoms with Gasteiger partial charge in [0.05, 0.1) is 18.5 Å². The van der Waals surface area contributed by atoms with Crippen molar-refractivity contribution in [2.24, 2.45) is 0 Å². The summed E-state index contributed by atoms with van der Waals surface area (Å²) in [6, 6.07) is 12.7. The number of anilines is 1. The van der Waals surface area contributed by atoms with Gasteiger partial charge in [0.15, 0.2) is 14.9 Å². The third-order valence-electron chi connectivity index (χ3n) is 3.01. The average molecular weight is 334 g/mol. The highest BCUT2D eigenvalue weighted by Gasteiger charge is 2.09. The molecule has 0 aliphatic heterocycles. The van der Waals surface area contributed by atoms with Crippen LogP contribution >= 0.6 is 0 Å². The number of aromatic nitrogens is 1. The quantitative estimate of drug-likeness (QED) is 0.779. The third-order valence-corrected chi connectivity index (χ3v) is 4.01. The molecule has 1 N–H and O–H groups in total. The monoisotopic (exact) mass is 334 g/mol. The minimum atomic E-state index is -3.34. The first-order valence-corrected chi connectivity index (χ1v) is 8.92. The zero-order chi connectivity index (χ0) is 16.7. The van der Waals surface area contributed by atoms with Gasteiger partial charge in [0.2, 0.25) is 5.91 Å². The van der Waals surface area contributed by atoms with Gasteiger partial charge in [-0.15, -0.1) is 0 Å². The maximum Gasteiger partial charge on any atom is 0.250 e. The van der Waals surface area contributed by atoms with Crippen molar-refractivity contribution in [3.63, 3.8) is 0 Å². The van der Waals surface area contributed by atoms with Crippen LogP contribution in [0.5, 0.6) is 0 Å². The van der Waals surface area contributed by atoms with E-state index in [4.69, 9.17) is 4.74 Å². The van der Waals surface area contributed by atoms with Gasteiger partial charge in [0, 0.05) is 6.26 Å². The number of pyridine rings is 1. The molecule has 0 unspecified atom stereocenters. The van der Waals surface area contributed by atoms with E-state index in [0.717, 1.165) is 18.2 Å². The van der Waals surface area contributed by atoms with E-state index in [0.29, 0.717) is 12.3 Å². The fourth-order valence-electron chi connectivity index (χ4n) is 1.87. The maximum absolute atomic E-state index is 11.7. The van der Waals surface area contributed by atoms with Crippen LogP contribution in [0.15, 0.2) is 53.7 Å². The van der Waals surface area contributed by atoms with Crippen molar-refractivity contribution in [1.82, 2.24) is 4.98 Å². The van der Waals surface area contributed by atoms with Crippen LogP contribution in [0.1, 0.15) is 5.56 Å². The highest BCUT2D eigenvalue weighted by molar-refractivity contribution is 7.90. The molecule has 0 aliphatic carbocycles. The number of carbonyl (C=O) groups is 1. The minimum Gasteiger partial charge on any atom is -0.371 e. The van der Waals surface area contributed by atoms with Crippen molar-refractivity contribution in [3.8, 4) is 0 Å². The first-order chi connectivity index (χ1) is 10.9. The molecule has 0 saturated carbocycles. The van der Waals surface area contributed by atoms with Crippen LogP contribution in [0, 0.1) is 0 Å². The number of carbonyl (C=O) groups excluding carboxylic acids is 1. The molecule has 6 nitrogen and oxygen atoms in total. The highest BCUT2D eigenvalue weighted by atomic mass is 32.2. The molecule has 0 spiro atoms. The lowest BCUT2D eigenvalue weighted by molar-refractivity contribution is -0.120. The second kappa shape index (κ2) is 7.85. The first-order valence-electron chi connectivity index (χ1n) is 7.03. The number of rotatable bonds is 7. The summed E-state index contributed by atoms with van der Waals surface area (Å²) in [5.41, 5.74) is 1.57. The van der Waals surface area contributed by atoms with Gasteiger partial charge >= 0.3 is 0 Å². The zero-order valence-electron chi connectivity index (χ0n) is 12.7. The van der Waals surface area contributed by atoms with Crippen LogP contribution in [0.2, 0.25) is 0 Å². The van der Waals surface area contributed by atoms with Crippen molar-refractivity contribution in [2.45, 2.75) is 11.4 Å². The Hall–Kier alpha value is -2.25. The molecule has 0 atom stereocenters. The van der Waals surface area contributed by atoms with Crippen LogP contribution in [0.25, 0.3) is 0 Å². The fourth-order valence-corrected chi connectivity index (χ4v) is 2.43. The van der Waals surface area contributed by atoms with E-state index in [1.165, 1.54) is 18.3 Å². The first kappa shape index (κ1) is 17.1. The number of hydrogen-bond donors (Lipinski definition) is 1. The molecule has 1 amide bonds. The second-order valence-corrected chi connectivity index (χ2v) is 6.96. The molecule has 23 heavy (non-hydrogen) atoms. The molecule has 2 rings (SSSR count). The van der Waals surface area contributed by atoms with Gasteiger partial charge in [-0.2, -0.15) is 0 Å². The van der Waals surface area contributed by atoms with Crippen molar-refractivity contribution in [3.05, 3.63) is 54.2 Å². The van der Waals surface area contributed by atoms with E-state index in [2.05, 4.69) is 10.3 Å². The summed E-state index contributed by atoms with van der Waals surface area (Å²) in [6.45, 7) is 0.378. The summed E-state index contributed by atoms with van der Waals surface area (Å²) in [5, 5.41) is 2.57. The van der Waals surface area contributed by atoms with Crippen molar-refractivity contribution < 1.29 is 17.9 Å². The average Bonchev–Trinajstić information content (AvgIpc) is 2.52. The molecule has 2 aromatic rings. The Morgan fingerprint density at radius 3 is 2.52 bits per heavy atom. The topological polar surface area (TPSA) is 85.4 Å². The molecule has 7 heteroatoms. The van der Waals surface area contributed by atoms with Crippen LogP contribution in [0.4, 0.5) is 5.69 Å². The Kier molecular flexibility index (Phi) is 5.84. The summed E-state index contributed by atoms with van der Waals surface area (Å²) in [6.07, 6.45) is 3.12. The fraction of sp³-hybridized carbons (Fsp3) is 0.250. The summed E-state index contributed by atoms with van der Waals surface area (Å²) in [4.78, 5) is 15.5. The molecular formula is C16H18N2O4S. The lowest BCUT2D eigenvalue weighted by Crippen LogP contribution is -2.19. The standard InChI is InChI=1S/C16H18N2O4S/c1-23(20,21)16-8-7-14(11-17-16)18-15(19)12-22-10-9-13-5-3-2-4-6-13/h2-8,11H,9-10,12H2,1H3,(H,18,19). The minimum absolute atomic E-state index is 0.0328. The molecule has 1 aromatic carbocycles. The predicted molar refractivity (Wildman–Crippen MR) is 86.9 cm³/mol. The molecule has 1 heterocycles. The van der Waals surface area contributed by atoms with E-state index in [1.807, 2.05) is 30.3 Å². The van der Waals surface area contributed by atoms with Gasteiger partial charge in [0.25, 0.3) is 0 Å². The molecular weight excluding hydrogens is 316 g/mol. The van der Waals surface area contributed by atoms with Gasteiger partial charge in [-0.1, -0.05) is 30.3 Å². The normalized spacial score (nSPS) is 11.2. The summed E-state index contributed by atoms with van der Waals surface area (Å²) in [7, 11) is -3.34. The van der Waals surface area contributed by atoms with Gasteiger partial charge in [-0.05, 0) is 24.1 Å². The number of nitrogens with zero attached hydrogens (tertiary/aromatic N) is 1. The highest BCUT2D eigenvalue weighted by Crippen LogP contribution is 2.10. The van der Waals surface area contributed by atoms with Gasteiger partial charge in [-0.3, -0.25) is 4.79 Å². The smallest absolute Gasteiger partial charge is 0.250 e. The van der Waals surface area contributed by atoms with E-state index >= 15 is 0 Å². The number of ether oxygens (including phenoxy) is 1. The maximum atomic E-state index is 11.7. The van der Waals surface area contributed by atoms with E-state index in [-0.39, 0.29) is 17.5 Å². The van der Waals surface area contributed by atoms with Crippen LogP contribution in [-0.2, 0) is 25.8 Å². The summed E-state index contributed by atoms with van der Waals surface area (Å²) < 4.78 is 27.9. The van der Waals surface area contributed by atoms with Crippen molar-refractivity contribution >= 4 is 21.4 Å². The number of hydrogen-bond acceptors (Lipinski definition) is 5. The predicted octanol–water partition coefficient (Wildman–Crippen LogP) is 1.68. The van der Waals surface area contributed by atoms with Crippen LogP contribution in [-0.4, -0.2) is 38.8 Å². The Labute approximate surface area is 135 Å². The Balaban J connectivity index is 1.74. The summed E-state index contributed by atoms with van der Waals surface area (Å²) in [5.74, 6) is -0.313. The van der Waals surface area contributed by atoms with Crippen molar-refractivity contribution in [2.75, 3.05) is 24.8 Å². The van der Waals surface area contributed by atoms with E-state index in [9.17, 15) is 13.2 Å². The lowest BCUT2D eigenvalue weighted by atomic mass is 10.2. The largest absolute Gasteiger partial charge is 0.371 e. The Morgan fingerprint density at radius 2 is 1.91 bits per heavy atom. The second-order valence-electron chi connectivity index (χ2n) is 4.99. The number of benzene rings is 1. The third kappa shape index (κ3) is 5.80. The molecule has 0 aliphatic rings. The SMILES string of the molecule is CS(=O)(=O)c1ccc(NC(=O)COCCc2ccccc2)cn1. The van der Waals surface area contributed by atoms with E-state index in [1.54, 1.807) is 0 Å². The zero-order valence-corrected chi connectivity index (χ0v) is 13.5. The lowest BCUT2D eigenvalue weighted by Gasteiger charge is -2.07.